The van der Waals surface area contributed by atoms with E-state index in [1.165, 1.54) is 26.4 Å². The molecule has 1 saturated carbocycles. The number of sulfonamides is 1. The maximum absolute atomic E-state index is 14.9. The minimum Gasteiger partial charge on any atom is -0.495 e. The van der Waals surface area contributed by atoms with Crippen molar-refractivity contribution < 1.29 is 26.8 Å². The third kappa shape index (κ3) is 2.88. The van der Waals surface area contributed by atoms with Crippen molar-refractivity contribution in [3.8, 4) is 22.8 Å². The molecule has 0 radical (unpaired) electrons. The van der Waals surface area contributed by atoms with E-state index in [4.69, 9.17) is 14.0 Å². The Balaban J connectivity index is 1.62. The minimum absolute atomic E-state index is 0.0317. The number of hydrogen-bond donors (Lipinski definition) is 1. The Kier molecular flexibility index (Phi) is 4.79. The van der Waals surface area contributed by atoms with Crippen LogP contribution < -0.4 is 14.2 Å². The number of ether oxygens (including phenoxy) is 2. The fourth-order valence-electron chi connectivity index (χ4n) is 4.75. The summed E-state index contributed by atoms with van der Waals surface area (Å²) in [6.45, 7) is 1.86. The highest BCUT2D eigenvalue weighted by molar-refractivity contribution is 9.10. The number of hydrogen-bond acceptors (Lipinski definition) is 6. The van der Waals surface area contributed by atoms with Crippen LogP contribution in [0.1, 0.15) is 18.1 Å². The molecule has 1 N–H and O–H groups in total. The van der Waals surface area contributed by atoms with Crippen LogP contribution >= 0.6 is 15.9 Å². The number of nitrogens with one attached hydrogen (secondary N) is 1. The van der Waals surface area contributed by atoms with E-state index in [0.29, 0.717) is 16.9 Å². The molecule has 2 aromatic carbocycles. The normalized spacial score (nSPS) is 23.4. The topological polar surface area (TPSA) is 90.7 Å². The Morgan fingerprint density at radius 1 is 1.22 bits per heavy atom. The molecular weight excluding hydrogens is 503 g/mol. The Labute approximate surface area is 193 Å². The van der Waals surface area contributed by atoms with E-state index in [9.17, 15) is 12.8 Å². The van der Waals surface area contributed by atoms with Gasteiger partial charge in [0, 0.05) is 26.9 Å². The maximum Gasteiger partial charge on any atom is 0.270 e. The summed E-state index contributed by atoms with van der Waals surface area (Å²) in [6.07, 6.45) is -0.756. The zero-order chi connectivity index (χ0) is 22.8. The molecule has 3 aromatic rings. The molecule has 1 unspecified atom stereocenters. The van der Waals surface area contributed by atoms with Crippen molar-refractivity contribution in [3.63, 3.8) is 0 Å². The summed E-state index contributed by atoms with van der Waals surface area (Å²) in [6, 6.07) is 10.3. The maximum atomic E-state index is 14.9. The lowest BCUT2D eigenvalue weighted by atomic mass is 9.78. The highest BCUT2D eigenvalue weighted by Gasteiger charge is 2.66. The summed E-state index contributed by atoms with van der Waals surface area (Å²) < 4.78 is 60.9. The smallest absolute Gasteiger partial charge is 0.270 e. The van der Waals surface area contributed by atoms with E-state index in [0.717, 1.165) is 10.0 Å². The molecule has 1 heterocycles. The van der Waals surface area contributed by atoms with E-state index < -0.39 is 21.6 Å². The van der Waals surface area contributed by atoms with Crippen LogP contribution in [0.5, 0.6) is 11.5 Å². The second-order valence-corrected chi connectivity index (χ2v) is 10.6. The Morgan fingerprint density at radius 2 is 1.88 bits per heavy atom. The molecular formula is C22H20BrFN2O5S. The first kappa shape index (κ1) is 21.3. The lowest BCUT2D eigenvalue weighted by molar-refractivity contribution is 0.373. The first-order chi connectivity index (χ1) is 15.2. The Bertz CT molecular complexity index is 1310. The van der Waals surface area contributed by atoms with Crippen LogP contribution in [-0.2, 0) is 21.9 Å². The molecule has 0 aliphatic heterocycles. The van der Waals surface area contributed by atoms with Gasteiger partial charge in [-0.15, -0.1) is 0 Å². The lowest BCUT2D eigenvalue weighted by Gasteiger charge is -2.25. The van der Waals surface area contributed by atoms with Gasteiger partial charge in [-0.3, -0.25) is 4.72 Å². The van der Waals surface area contributed by atoms with Crippen molar-refractivity contribution >= 4 is 31.8 Å². The van der Waals surface area contributed by atoms with E-state index >= 15 is 0 Å². The van der Waals surface area contributed by atoms with Gasteiger partial charge in [0.15, 0.2) is 16.5 Å². The molecule has 0 amide bonds. The molecule has 1 spiro atoms. The Morgan fingerprint density at radius 3 is 2.47 bits per heavy atom. The van der Waals surface area contributed by atoms with Gasteiger partial charge in [-0.2, -0.15) is 0 Å². The molecule has 5 rings (SSSR count). The van der Waals surface area contributed by atoms with Crippen LogP contribution in [0.4, 0.5) is 10.2 Å². The minimum atomic E-state index is -4.16. The zero-order valence-electron chi connectivity index (χ0n) is 17.5. The summed E-state index contributed by atoms with van der Waals surface area (Å²) in [7, 11) is -1.41. The molecule has 2 aliphatic carbocycles. The number of fused-ring (bicyclic) bond motifs is 4. The molecule has 7 nitrogen and oxygen atoms in total. The number of aromatic nitrogens is 1. The standard InChI is InChI=1S/C22H20BrFN2O5S/c1-11-20(24)22(11)10-14-18(13-9-12(23)7-8-15(13)22)31-25-21(14)26-32(27,28)19-16(29-2)5-4-6-17(19)30-3/h4-9,11,20H,10H2,1-3H3,(H,25,26)/t11-,20-,22?/m1/s1. The summed E-state index contributed by atoms with van der Waals surface area (Å²) in [5, 5.41) is 4.01. The first-order valence-electron chi connectivity index (χ1n) is 9.91. The highest BCUT2D eigenvalue weighted by atomic mass is 79.9. The molecule has 1 aromatic heterocycles. The van der Waals surface area contributed by atoms with Crippen molar-refractivity contribution in [3.05, 3.63) is 52.0 Å². The molecule has 2 aliphatic rings. The molecule has 0 bridgehead atoms. The number of halogens is 2. The number of methoxy groups -OCH3 is 2. The van der Waals surface area contributed by atoms with Crippen molar-refractivity contribution in [2.24, 2.45) is 5.92 Å². The van der Waals surface area contributed by atoms with Crippen LogP contribution in [0, 0.1) is 5.92 Å². The molecule has 0 saturated heterocycles. The monoisotopic (exact) mass is 522 g/mol. The average Bonchev–Trinajstić information content (AvgIpc) is 3.09. The van der Waals surface area contributed by atoms with Gasteiger partial charge in [-0.1, -0.05) is 40.1 Å². The van der Waals surface area contributed by atoms with Gasteiger partial charge >= 0.3 is 0 Å². The largest absolute Gasteiger partial charge is 0.495 e. The van der Waals surface area contributed by atoms with Crippen molar-refractivity contribution in [2.75, 3.05) is 18.9 Å². The van der Waals surface area contributed by atoms with Crippen molar-refractivity contribution in [1.82, 2.24) is 5.16 Å². The van der Waals surface area contributed by atoms with Gasteiger partial charge in [-0.25, -0.2) is 12.8 Å². The molecule has 32 heavy (non-hydrogen) atoms. The van der Waals surface area contributed by atoms with Crippen molar-refractivity contribution in [1.29, 1.82) is 0 Å². The average molecular weight is 523 g/mol. The van der Waals surface area contributed by atoms with Gasteiger partial charge in [0.05, 0.1) is 14.2 Å². The predicted octanol–water partition coefficient (Wildman–Crippen LogP) is 4.70. The molecule has 1 fully saturated rings. The number of rotatable bonds is 5. The van der Waals surface area contributed by atoms with Crippen molar-refractivity contribution in [2.45, 2.75) is 29.8 Å². The summed E-state index contributed by atoms with van der Waals surface area (Å²) >= 11 is 3.45. The third-order valence-electron chi connectivity index (χ3n) is 6.50. The van der Waals surface area contributed by atoms with E-state index in [-0.39, 0.29) is 34.6 Å². The second-order valence-electron chi connectivity index (χ2n) is 8.03. The highest BCUT2D eigenvalue weighted by Crippen LogP contribution is 2.63. The molecule has 3 atom stereocenters. The van der Waals surface area contributed by atoms with E-state index in [2.05, 4.69) is 25.8 Å². The van der Waals surface area contributed by atoms with Crippen LogP contribution in [0.25, 0.3) is 11.3 Å². The fraction of sp³-hybridized carbons (Fsp3) is 0.318. The van der Waals surface area contributed by atoms with Gasteiger partial charge < -0.3 is 14.0 Å². The van der Waals surface area contributed by atoms with E-state index in [1.807, 2.05) is 25.1 Å². The van der Waals surface area contributed by atoms with Gasteiger partial charge in [0.1, 0.15) is 17.7 Å². The van der Waals surface area contributed by atoms with Crippen LogP contribution in [0.3, 0.4) is 0 Å². The predicted molar refractivity (Wildman–Crippen MR) is 119 cm³/mol. The van der Waals surface area contributed by atoms with Crippen LogP contribution in [0.15, 0.2) is 50.3 Å². The SMILES string of the molecule is COc1cccc(OC)c1S(=O)(=O)Nc1noc2c1CC1(c3ccc(Br)cc3-2)[C@H](C)[C@H]1F. The summed E-state index contributed by atoms with van der Waals surface area (Å²) in [5.74, 6) is 0.510. The van der Waals surface area contributed by atoms with Gasteiger partial charge in [-0.05, 0) is 36.2 Å². The third-order valence-corrected chi connectivity index (χ3v) is 8.40. The first-order valence-corrected chi connectivity index (χ1v) is 12.2. The number of alkyl halides is 1. The second kappa shape index (κ2) is 7.21. The number of anilines is 1. The van der Waals surface area contributed by atoms with Gasteiger partial charge in [0.25, 0.3) is 10.0 Å². The summed E-state index contributed by atoms with van der Waals surface area (Å²) in [4.78, 5) is -0.154. The molecule has 168 valence electrons. The van der Waals surface area contributed by atoms with Gasteiger partial charge in [0.2, 0.25) is 0 Å². The van der Waals surface area contributed by atoms with E-state index in [1.54, 1.807) is 6.07 Å². The quantitative estimate of drug-likeness (QED) is 0.522. The zero-order valence-corrected chi connectivity index (χ0v) is 19.9. The number of nitrogens with zero attached hydrogens (tertiary/aromatic N) is 1. The molecule has 10 heteroatoms. The summed E-state index contributed by atoms with van der Waals surface area (Å²) in [5.41, 5.74) is 1.36. The number of benzene rings is 2. The lowest BCUT2D eigenvalue weighted by Crippen LogP contribution is -2.23. The Hall–Kier alpha value is -2.59. The fourth-order valence-corrected chi connectivity index (χ4v) is 6.46. The van der Waals surface area contributed by atoms with Crippen LogP contribution in [-0.4, -0.2) is 34.0 Å². The van der Waals surface area contributed by atoms with Crippen LogP contribution in [0.2, 0.25) is 0 Å².